The first-order valence-electron chi connectivity index (χ1n) is 10.8. The Morgan fingerprint density at radius 2 is 2.00 bits per heavy atom. The van der Waals surface area contributed by atoms with Gasteiger partial charge in [-0.05, 0) is 30.3 Å². The number of pyridine rings is 1. The molecule has 3 aromatic rings. The topological polar surface area (TPSA) is 51.0 Å². The second-order valence-electron chi connectivity index (χ2n) is 7.90. The van der Waals surface area contributed by atoms with Gasteiger partial charge in [0.1, 0.15) is 6.10 Å². The summed E-state index contributed by atoms with van der Waals surface area (Å²) in [7, 11) is 1.60. The molecule has 0 aliphatic carbocycles. The third-order valence-electron chi connectivity index (χ3n) is 5.82. The lowest BCUT2D eigenvalue weighted by Gasteiger charge is -2.34. The van der Waals surface area contributed by atoms with Gasteiger partial charge in [0.05, 0.1) is 35.6 Å². The van der Waals surface area contributed by atoms with Crippen LogP contribution in [0.15, 0.2) is 61.5 Å². The van der Waals surface area contributed by atoms with Gasteiger partial charge in [0.2, 0.25) is 5.69 Å². The quantitative estimate of drug-likeness (QED) is 0.274. The van der Waals surface area contributed by atoms with Crippen molar-refractivity contribution in [1.82, 2.24) is 9.88 Å². The molecule has 8 heteroatoms. The van der Waals surface area contributed by atoms with Crippen molar-refractivity contribution < 1.29 is 9.47 Å². The Balaban J connectivity index is 1.69. The van der Waals surface area contributed by atoms with Crippen LogP contribution in [-0.4, -0.2) is 36.2 Å². The highest BCUT2D eigenvalue weighted by Crippen LogP contribution is 2.42. The van der Waals surface area contributed by atoms with E-state index >= 15 is 0 Å². The molecular formula is C26H24Cl2N4O2. The smallest absolute Gasteiger partial charge is 0.228 e. The first-order chi connectivity index (χ1) is 16.4. The first-order valence-corrected chi connectivity index (χ1v) is 11.5. The van der Waals surface area contributed by atoms with Gasteiger partial charge >= 0.3 is 0 Å². The van der Waals surface area contributed by atoms with Gasteiger partial charge in [-0.15, -0.1) is 0 Å². The fraction of sp³-hybridized carbons (Fsp3) is 0.231. The van der Waals surface area contributed by atoms with E-state index in [4.69, 9.17) is 39.2 Å². The lowest BCUT2D eigenvalue weighted by Crippen LogP contribution is -2.37. The van der Waals surface area contributed by atoms with Gasteiger partial charge in [-0.1, -0.05) is 36.4 Å². The summed E-state index contributed by atoms with van der Waals surface area (Å²) >= 11 is 12.4. The molecule has 1 fully saturated rings. The molecule has 0 amide bonds. The number of halogens is 2. The highest BCUT2D eigenvalue weighted by atomic mass is 35.5. The minimum absolute atomic E-state index is 0.0272. The third-order valence-corrected chi connectivity index (χ3v) is 6.37. The fourth-order valence-electron chi connectivity index (χ4n) is 3.95. The Morgan fingerprint density at radius 1 is 1.24 bits per heavy atom. The maximum absolute atomic E-state index is 7.64. The molecule has 0 unspecified atom stereocenters. The summed E-state index contributed by atoms with van der Waals surface area (Å²) in [5.41, 5.74) is 3.19. The Bertz CT molecular complexity index is 1290. The standard InChI is InChI=1S/C26H24Cl2N4O2/c1-5-16(2)32-10-8-18(9-11-32)34-25-13-19-22(14-24(25)33-4)30-15-23(29-3)26(19)31-21-7-6-17(27)12-20(21)28/h5-7,12-15,18H,1-2,8-11H2,4H3,(H,30,31). The number of nitrogens with one attached hydrogen (secondary N) is 1. The summed E-state index contributed by atoms with van der Waals surface area (Å²) in [5, 5.41) is 5.00. The Labute approximate surface area is 209 Å². The molecule has 1 aliphatic rings. The number of aromatic nitrogens is 1. The van der Waals surface area contributed by atoms with E-state index in [9.17, 15) is 0 Å². The number of benzene rings is 2. The van der Waals surface area contributed by atoms with Crippen LogP contribution in [0.3, 0.4) is 0 Å². The number of rotatable bonds is 7. The van der Waals surface area contributed by atoms with Crippen molar-refractivity contribution in [3.63, 3.8) is 0 Å². The molecule has 1 saturated heterocycles. The summed E-state index contributed by atoms with van der Waals surface area (Å²) in [5.74, 6) is 1.19. The molecule has 0 saturated carbocycles. The molecule has 2 heterocycles. The van der Waals surface area contributed by atoms with Gasteiger partial charge < -0.3 is 19.7 Å². The van der Waals surface area contributed by atoms with Crippen molar-refractivity contribution in [3.8, 4) is 11.5 Å². The average Bonchev–Trinajstić information content (AvgIpc) is 2.85. The maximum Gasteiger partial charge on any atom is 0.228 e. The molecule has 174 valence electrons. The second-order valence-corrected chi connectivity index (χ2v) is 8.74. The lowest BCUT2D eigenvalue weighted by atomic mass is 10.1. The molecule has 0 radical (unpaired) electrons. The number of ether oxygens (including phenoxy) is 2. The number of fused-ring (bicyclic) bond motifs is 1. The largest absolute Gasteiger partial charge is 0.493 e. The summed E-state index contributed by atoms with van der Waals surface area (Å²) in [6.07, 6.45) is 5.03. The molecule has 1 aliphatic heterocycles. The zero-order chi connectivity index (χ0) is 24.2. The van der Waals surface area contributed by atoms with E-state index in [1.165, 1.54) is 6.20 Å². The zero-order valence-corrected chi connectivity index (χ0v) is 20.3. The van der Waals surface area contributed by atoms with Crippen molar-refractivity contribution in [2.24, 2.45) is 0 Å². The maximum atomic E-state index is 7.64. The van der Waals surface area contributed by atoms with Crippen LogP contribution in [0.2, 0.25) is 10.0 Å². The SMILES string of the molecule is [C-]#[N+]c1cnc2cc(OC)c(OC3CCN(C(=C)C=C)CC3)cc2c1Nc1ccc(Cl)cc1Cl. The molecule has 0 bridgehead atoms. The number of piperidine rings is 1. The van der Waals surface area contributed by atoms with Crippen molar-refractivity contribution in [2.45, 2.75) is 18.9 Å². The number of hydrogen-bond donors (Lipinski definition) is 1. The molecule has 4 rings (SSSR count). The van der Waals surface area contributed by atoms with Crippen molar-refractivity contribution in [2.75, 3.05) is 25.5 Å². The van der Waals surface area contributed by atoms with Gasteiger partial charge in [0, 0.05) is 54.3 Å². The first kappa shape index (κ1) is 23.7. The Morgan fingerprint density at radius 3 is 2.65 bits per heavy atom. The van der Waals surface area contributed by atoms with Gasteiger partial charge in [-0.2, -0.15) is 0 Å². The fourth-order valence-corrected chi connectivity index (χ4v) is 4.41. The van der Waals surface area contributed by atoms with Gasteiger partial charge in [-0.25, -0.2) is 4.85 Å². The van der Waals surface area contributed by atoms with Crippen LogP contribution in [0, 0.1) is 6.57 Å². The average molecular weight is 495 g/mol. The van der Waals surface area contributed by atoms with Crippen LogP contribution in [0.25, 0.3) is 15.7 Å². The number of anilines is 2. The minimum atomic E-state index is 0.0272. The molecule has 2 aromatic carbocycles. The van der Waals surface area contributed by atoms with Crippen LogP contribution < -0.4 is 14.8 Å². The summed E-state index contributed by atoms with van der Waals surface area (Å²) in [4.78, 5) is 10.3. The number of allylic oxidation sites excluding steroid dienone is 1. The normalized spacial score (nSPS) is 13.9. The van der Waals surface area contributed by atoms with Crippen molar-refractivity contribution in [1.29, 1.82) is 0 Å². The molecular weight excluding hydrogens is 471 g/mol. The predicted molar refractivity (Wildman–Crippen MR) is 139 cm³/mol. The van der Waals surface area contributed by atoms with Crippen LogP contribution in [0.4, 0.5) is 17.1 Å². The molecule has 6 nitrogen and oxygen atoms in total. The minimum Gasteiger partial charge on any atom is -0.493 e. The van der Waals surface area contributed by atoms with E-state index in [0.717, 1.165) is 37.0 Å². The summed E-state index contributed by atoms with van der Waals surface area (Å²) < 4.78 is 12.0. The molecule has 34 heavy (non-hydrogen) atoms. The molecule has 0 spiro atoms. The zero-order valence-electron chi connectivity index (χ0n) is 18.8. The van der Waals surface area contributed by atoms with Crippen LogP contribution in [0.1, 0.15) is 12.8 Å². The molecule has 1 N–H and O–H groups in total. The van der Waals surface area contributed by atoms with Crippen LogP contribution in [-0.2, 0) is 0 Å². The second kappa shape index (κ2) is 10.3. The van der Waals surface area contributed by atoms with Crippen molar-refractivity contribution in [3.05, 3.63) is 82.9 Å². The number of methoxy groups -OCH3 is 1. The molecule has 1 aromatic heterocycles. The third kappa shape index (κ3) is 4.91. The Kier molecular flexibility index (Phi) is 7.16. The van der Waals surface area contributed by atoms with Gasteiger partial charge in [-0.3, -0.25) is 4.98 Å². The van der Waals surface area contributed by atoms with E-state index in [1.807, 2.05) is 12.1 Å². The summed E-state index contributed by atoms with van der Waals surface area (Å²) in [6.45, 7) is 17.2. The number of hydrogen-bond acceptors (Lipinski definition) is 5. The van der Waals surface area contributed by atoms with E-state index in [2.05, 4.69) is 33.2 Å². The van der Waals surface area contributed by atoms with E-state index < -0.39 is 0 Å². The van der Waals surface area contributed by atoms with E-state index in [0.29, 0.717) is 44.1 Å². The van der Waals surface area contributed by atoms with E-state index in [-0.39, 0.29) is 6.10 Å². The van der Waals surface area contributed by atoms with Crippen molar-refractivity contribution >= 4 is 51.2 Å². The highest BCUT2D eigenvalue weighted by Gasteiger charge is 2.23. The predicted octanol–water partition coefficient (Wildman–Crippen LogP) is 7.39. The summed E-state index contributed by atoms with van der Waals surface area (Å²) in [6, 6.07) is 8.86. The van der Waals surface area contributed by atoms with Gasteiger partial charge in [0.25, 0.3) is 0 Å². The van der Waals surface area contributed by atoms with Crippen LogP contribution >= 0.6 is 23.2 Å². The Hall–Kier alpha value is -3.40. The van der Waals surface area contributed by atoms with Crippen LogP contribution in [0.5, 0.6) is 11.5 Å². The van der Waals surface area contributed by atoms with Gasteiger partial charge in [0.15, 0.2) is 11.5 Å². The highest BCUT2D eigenvalue weighted by molar-refractivity contribution is 6.36. The number of nitrogens with zero attached hydrogens (tertiary/aromatic N) is 3. The van der Waals surface area contributed by atoms with E-state index in [1.54, 1.807) is 31.4 Å². The monoisotopic (exact) mass is 494 g/mol. The lowest BCUT2D eigenvalue weighted by molar-refractivity contribution is 0.116. The number of likely N-dealkylation sites (tertiary alicyclic amines) is 1. The molecule has 0 atom stereocenters.